The van der Waals surface area contributed by atoms with E-state index in [1.807, 2.05) is 54.7 Å². The molecule has 0 saturated carbocycles. The van der Waals surface area contributed by atoms with Crippen molar-refractivity contribution in [2.24, 2.45) is 0 Å². The van der Waals surface area contributed by atoms with Crippen molar-refractivity contribution in [2.45, 2.75) is 43.9 Å². The number of nitrogens with zero attached hydrogens (tertiary/aromatic N) is 2. The van der Waals surface area contributed by atoms with Crippen LogP contribution in [-0.4, -0.2) is 9.97 Å². The zero-order chi connectivity index (χ0) is 37.6. The first-order valence-corrected chi connectivity index (χ1v) is 19.1. The Morgan fingerprint density at radius 1 is 0.411 bits per heavy atom. The molecule has 2 aromatic heterocycles. The molecule has 0 amide bonds. The molecule has 0 N–H and O–H groups in total. The number of aromatic nitrogens is 2. The summed E-state index contributed by atoms with van der Waals surface area (Å²) < 4.78 is 0. The summed E-state index contributed by atoms with van der Waals surface area (Å²) in [5, 5.41) is 0. The fourth-order valence-electron chi connectivity index (χ4n) is 9.75. The molecular weight excluding hydrogens is 857 g/mol. The molecule has 0 atom stereocenters. The molecule has 6 aromatic carbocycles. The van der Waals surface area contributed by atoms with Gasteiger partial charge < -0.3 is 9.97 Å². The van der Waals surface area contributed by atoms with Gasteiger partial charge in [0.2, 0.25) is 0 Å². The van der Waals surface area contributed by atoms with Crippen molar-refractivity contribution in [3.63, 3.8) is 0 Å². The minimum atomic E-state index is -0.306. The Morgan fingerprint density at radius 2 is 0.911 bits per heavy atom. The molecule has 0 aliphatic heterocycles. The van der Waals surface area contributed by atoms with Gasteiger partial charge in [0.25, 0.3) is 0 Å². The Balaban J connectivity index is 0.000000290. The maximum Gasteiger partial charge on any atom is 0.0303 e. The third kappa shape index (κ3) is 5.89. The monoisotopic (exact) mass is 899 g/mol. The number of fused-ring (bicyclic) bond motifs is 6. The fourth-order valence-corrected chi connectivity index (χ4v) is 9.75. The van der Waals surface area contributed by atoms with Gasteiger partial charge in [0.1, 0.15) is 0 Å². The molecule has 10 rings (SSSR count). The summed E-state index contributed by atoms with van der Waals surface area (Å²) in [5.41, 5.74) is 16.6. The van der Waals surface area contributed by atoms with E-state index in [9.17, 15) is 0 Å². The van der Waals surface area contributed by atoms with Gasteiger partial charge in [-0.1, -0.05) is 137 Å². The molecule has 1 spiro atoms. The van der Waals surface area contributed by atoms with E-state index < -0.39 is 0 Å². The molecule has 56 heavy (non-hydrogen) atoms. The Labute approximate surface area is 344 Å². The molecule has 2 heterocycles. The van der Waals surface area contributed by atoms with Crippen LogP contribution in [0, 0.1) is 12.1 Å². The molecule has 3 heteroatoms. The quantitative estimate of drug-likeness (QED) is 0.165. The van der Waals surface area contributed by atoms with Gasteiger partial charge in [0.05, 0.1) is 0 Å². The molecule has 2 nitrogen and oxygen atoms in total. The van der Waals surface area contributed by atoms with Crippen LogP contribution in [0.4, 0.5) is 0 Å². The van der Waals surface area contributed by atoms with Gasteiger partial charge in [-0.2, -0.15) is 0 Å². The van der Waals surface area contributed by atoms with Crippen LogP contribution < -0.4 is 0 Å². The van der Waals surface area contributed by atoms with Crippen molar-refractivity contribution >= 4 is 0 Å². The predicted octanol–water partition coefficient (Wildman–Crippen LogP) is 13.0. The van der Waals surface area contributed by atoms with Crippen molar-refractivity contribution < 1.29 is 20.1 Å². The summed E-state index contributed by atoms with van der Waals surface area (Å²) in [5.74, 6) is 0. The Morgan fingerprint density at radius 3 is 1.41 bits per heavy atom. The van der Waals surface area contributed by atoms with Crippen molar-refractivity contribution in [3.05, 3.63) is 217 Å². The number of benzene rings is 6. The van der Waals surface area contributed by atoms with Crippen LogP contribution in [0.3, 0.4) is 0 Å². The van der Waals surface area contributed by atoms with Gasteiger partial charge in [0, 0.05) is 37.9 Å². The summed E-state index contributed by atoms with van der Waals surface area (Å²) in [4.78, 5) is 8.90. The molecule has 2 aliphatic rings. The van der Waals surface area contributed by atoms with Gasteiger partial charge in [-0.15, -0.1) is 70.8 Å². The summed E-state index contributed by atoms with van der Waals surface area (Å²) in [6, 6.07) is 67.1. The Bertz CT molecular complexity index is 2490. The molecule has 1 radical (unpaired) electrons. The minimum absolute atomic E-state index is 0. The molecule has 0 unspecified atom stereocenters. The standard InChI is InChI=1S/C42H34N.C11H8N.Ir/c1-40(2)35-23-20-32(39-17-11-12-24-43-39)27-38(35)41(3,4)42(40)36-25-30(28-13-7-5-8-14-28)18-21-33(36)34-22-19-31(26-37(34)42)29-15-9-6-10-16-29;1-2-6-10(7-3-1)11-8-4-5-9-12-11;/h5-19,21-27H,1-4H3;1-6,8-9H;/q2*-1;. The second kappa shape index (κ2) is 14.7. The van der Waals surface area contributed by atoms with Crippen molar-refractivity contribution in [3.8, 4) is 55.9 Å². The van der Waals surface area contributed by atoms with Crippen LogP contribution in [0.5, 0.6) is 0 Å². The SMILES string of the molecule is CC1(C)c2c[c-]c(-c3ccccn3)cc2C(C)(C)C12c1cc(-c3ccccc3)ccc1-c1ccc(-c3ccccc3)cc12.[Ir].[c-]1ccccc1-c1ccccn1. The normalized spacial score (nSPS) is 14.7. The van der Waals surface area contributed by atoms with Gasteiger partial charge in [-0.25, -0.2) is 0 Å². The van der Waals surface area contributed by atoms with Gasteiger partial charge in [-0.05, 0) is 91.0 Å². The van der Waals surface area contributed by atoms with Crippen molar-refractivity contribution in [1.82, 2.24) is 9.97 Å². The molecular formula is C53H42IrN2-2. The van der Waals surface area contributed by atoms with E-state index in [-0.39, 0.29) is 36.4 Å². The molecule has 275 valence electrons. The van der Waals surface area contributed by atoms with E-state index >= 15 is 0 Å². The van der Waals surface area contributed by atoms with Crippen molar-refractivity contribution in [2.75, 3.05) is 0 Å². The van der Waals surface area contributed by atoms with Crippen LogP contribution in [0.25, 0.3) is 55.9 Å². The van der Waals surface area contributed by atoms with Crippen LogP contribution in [0.2, 0.25) is 0 Å². The second-order valence-electron chi connectivity index (χ2n) is 15.6. The Hall–Kier alpha value is -5.73. The zero-order valence-electron chi connectivity index (χ0n) is 32.0. The fraction of sp³-hybridized carbons (Fsp3) is 0.132. The first-order chi connectivity index (χ1) is 26.8. The van der Waals surface area contributed by atoms with E-state index in [4.69, 9.17) is 0 Å². The third-order valence-corrected chi connectivity index (χ3v) is 12.1. The van der Waals surface area contributed by atoms with Crippen LogP contribution in [0.1, 0.15) is 49.9 Å². The van der Waals surface area contributed by atoms with E-state index in [1.165, 1.54) is 55.6 Å². The maximum atomic E-state index is 4.68. The summed E-state index contributed by atoms with van der Waals surface area (Å²) in [6.07, 6.45) is 3.66. The summed E-state index contributed by atoms with van der Waals surface area (Å²) in [6.45, 7) is 9.84. The predicted molar refractivity (Wildman–Crippen MR) is 227 cm³/mol. The van der Waals surface area contributed by atoms with E-state index in [0.29, 0.717) is 0 Å². The van der Waals surface area contributed by atoms with Crippen molar-refractivity contribution in [1.29, 1.82) is 0 Å². The van der Waals surface area contributed by atoms with E-state index in [0.717, 1.165) is 22.5 Å². The number of pyridine rings is 2. The first-order valence-electron chi connectivity index (χ1n) is 19.1. The molecule has 8 aromatic rings. The Kier molecular flexibility index (Phi) is 9.79. The smallest absolute Gasteiger partial charge is 0.0303 e. The average Bonchev–Trinajstić information content (AvgIpc) is 3.63. The van der Waals surface area contributed by atoms with Gasteiger partial charge in [0.15, 0.2) is 0 Å². The van der Waals surface area contributed by atoms with E-state index in [2.05, 4.69) is 171 Å². The number of hydrogen-bond donors (Lipinski definition) is 0. The van der Waals surface area contributed by atoms with Crippen LogP contribution in [-0.2, 0) is 36.4 Å². The largest absolute Gasteiger partial charge is 0.305 e. The topological polar surface area (TPSA) is 25.8 Å². The third-order valence-electron chi connectivity index (χ3n) is 12.1. The number of hydrogen-bond acceptors (Lipinski definition) is 2. The van der Waals surface area contributed by atoms with Crippen LogP contribution >= 0.6 is 0 Å². The average molecular weight is 899 g/mol. The first kappa shape index (κ1) is 37.2. The summed E-state index contributed by atoms with van der Waals surface area (Å²) >= 11 is 0. The van der Waals surface area contributed by atoms with Crippen LogP contribution in [0.15, 0.2) is 182 Å². The number of rotatable bonds is 4. The summed E-state index contributed by atoms with van der Waals surface area (Å²) in [7, 11) is 0. The van der Waals surface area contributed by atoms with Gasteiger partial charge in [-0.3, -0.25) is 0 Å². The second-order valence-corrected chi connectivity index (χ2v) is 15.6. The molecule has 0 saturated heterocycles. The van der Waals surface area contributed by atoms with Gasteiger partial charge >= 0.3 is 0 Å². The minimum Gasteiger partial charge on any atom is -0.305 e. The van der Waals surface area contributed by atoms with E-state index in [1.54, 1.807) is 6.20 Å². The zero-order valence-corrected chi connectivity index (χ0v) is 34.4. The molecule has 2 aliphatic carbocycles. The molecule has 0 fully saturated rings. The molecule has 0 bridgehead atoms. The maximum absolute atomic E-state index is 4.68.